The van der Waals surface area contributed by atoms with Crippen LogP contribution in [0.4, 0.5) is 0 Å². The maximum Gasteiger partial charge on any atom is 0.309 e. The van der Waals surface area contributed by atoms with Gasteiger partial charge < -0.3 is 19.7 Å². The smallest absolute Gasteiger partial charge is 0.309 e. The van der Waals surface area contributed by atoms with Crippen molar-refractivity contribution in [1.29, 1.82) is 0 Å². The highest BCUT2D eigenvalue weighted by molar-refractivity contribution is 5.73. The van der Waals surface area contributed by atoms with Gasteiger partial charge in [-0.2, -0.15) is 0 Å². The molecule has 2 aliphatic heterocycles. The highest BCUT2D eigenvalue weighted by atomic mass is 16.5. The van der Waals surface area contributed by atoms with Crippen molar-refractivity contribution < 1.29 is 24.5 Å². The summed E-state index contributed by atoms with van der Waals surface area (Å²) < 4.78 is 12.6. The van der Waals surface area contributed by atoms with Crippen LogP contribution in [0.15, 0.2) is 12.2 Å². The zero-order valence-corrected chi connectivity index (χ0v) is 20.3. The van der Waals surface area contributed by atoms with E-state index < -0.39 is 11.4 Å². The Morgan fingerprint density at radius 2 is 1.35 bits per heavy atom. The van der Waals surface area contributed by atoms with E-state index in [9.17, 15) is 15.0 Å². The van der Waals surface area contributed by atoms with Gasteiger partial charge in [-0.25, -0.2) is 0 Å². The van der Waals surface area contributed by atoms with E-state index in [1.807, 2.05) is 0 Å². The molecule has 0 aromatic heterocycles. The molecule has 2 rings (SSSR count). The van der Waals surface area contributed by atoms with Crippen LogP contribution in [0.25, 0.3) is 0 Å². The molecule has 2 saturated heterocycles. The van der Waals surface area contributed by atoms with Crippen LogP contribution in [-0.4, -0.2) is 47.2 Å². The van der Waals surface area contributed by atoms with E-state index in [-0.39, 0.29) is 30.3 Å². The molecular weight excluding hydrogens is 392 g/mol. The van der Waals surface area contributed by atoms with Crippen LogP contribution in [0.1, 0.15) is 105 Å². The van der Waals surface area contributed by atoms with E-state index in [1.165, 1.54) is 6.42 Å². The molecule has 2 N–H and O–H groups in total. The first-order chi connectivity index (χ1) is 14.6. The molecule has 0 aliphatic carbocycles. The first-order valence-electron chi connectivity index (χ1n) is 12.4. The zero-order chi connectivity index (χ0) is 22.9. The molecule has 2 aliphatic rings. The van der Waals surface area contributed by atoms with Crippen molar-refractivity contribution in [3.63, 3.8) is 0 Å². The summed E-state index contributed by atoms with van der Waals surface area (Å²) in [5, 5.41) is 18.7. The molecule has 2 heterocycles. The van der Waals surface area contributed by atoms with Crippen LogP contribution < -0.4 is 0 Å². The van der Waals surface area contributed by atoms with Crippen LogP contribution in [0.2, 0.25) is 0 Å². The molecule has 0 radical (unpaired) electrons. The van der Waals surface area contributed by atoms with Gasteiger partial charge in [0.1, 0.15) is 0 Å². The minimum absolute atomic E-state index is 0.00616. The van der Waals surface area contributed by atoms with E-state index in [0.717, 1.165) is 64.2 Å². The SMILES string of the molecule is CC(C)(CO)CCCC1CCCC(/C=C\C2CCCC(CCCC(C)(C)C(=O)O)O2)O1. The highest BCUT2D eigenvalue weighted by Crippen LogP contribution is 2.30. The van der Waals surface area contributed by atoms with E-state index in [1.54, 1.807) is 13.8 Å². The topological polar surface area (TPSA) is 76.0 Å². The summed E-state index contributed by atoms with van der Waals surface area (Å²) in [5.41, 5.74) is -0.650. The number of carboxylic acid groups (broad SMARTS) is 1. The molecule has 31 heavy (non-hydrogen) atoms. The monoisotopic (exact) mass is 438 g/mol. The summed E-state index contributed by atoms with van der Waals surface area (Å²) in [6.45, 7) is 8.07. The molecule has 0 bridgehead atoms. The molecule has 0 aromatic carbocycles. The average molecular weight is 439 g/mol. The normalized spacial score (nSPS) is 28.2. The lowest BCUT2D eigenvalue weighted by Gasteiger charge is -2.31. The van der Waals surface area contributed by atoms with Crippen molar-refractivity contribution in [2.45, 2.75) is 129 Å². The number of carbonyl (C=O) groups is 1. The number of rotatable bonds is 12. The van der Waals surface area contributed by atoms with Gasteiger partial charge in [0.05, 0.1) is 29.8 Å². The summed E-state index contributed by atoms with van der Waals surface area (Å²) >= 11 is 0. The highest BCUT2D eigenvalue weighted by Gasteiger charge is 2.28. The lowest BCUT2D eigenvalue weighted by Crippen LogP contribution is -2.29. The van der Waals surface area contributed by atoms with Crippen LogP contribution in [-0.2, 0) is 14.3 Å². The van der Waals surface area contributed by atoms with Crippen LogP contribution >= 0.6 is 0 Å². The lowest BCUT2D eigenvalue weighted by molar-refractivity contribution is -0.147. The van der Waals surface area contributed by atoms with Gasteiger partial charge in [-0.3, -0.25) is 4.79 Å². The summed E-state index contributed by atoms with van der Waals surface area (Å²) in [4.78, 5) is 11.3. The molecule has 0 amide bonds. The molecule has 2 fully saturated rings. The largest absolute Gasteiger partial charge is 0.481 e. The minimum Gasteiger partial charge on any atom is -0.481 e. The van der Waals surface area contributed by atoms with Gasteiger partial charge in [0.2, 0.25) is 0 Å². The van der Waals surface area contributed by atoms with Crippen molar-refractivity contribution >= 4 is 5.97 Å². The van der Waals surface area contributed by atoms with Crippen molar-refractivity contribution in [2.24, 2.45) is 10.8 Å². The first-order valence-corrected chi connectivity index (χ1v) is 12.4. The molecule has 0 spiro atoms. The standard InChI is InChI=1S/C26H46O5/c1-25(2,19-27)17-7-13-20-9-5-11-22(30-20)15-16-23-12-6-10-21(31-23)14-8-18-26(3,4)24(28)29/h15-16,20-23,27H,5-14,17-19H2,1-4H3,(H,28,29)/b16-15-. The minimum atomic E-state index is -0.722. The van der Waals surface area contributed by atoms with Crippen LogP contribution in [0, 0.1) is 10.8 Å². The van der Waals surface area contributed by atoms with Gasteiger partial charge in [0.15, 0.2) is 0 Å². The molecule has 0 saturated carbocycles. The number of aliphatic carboxylic acids is 1. The van der Waals surface area contributed by atoms with Gasteiger partial charge in [-0.15, -0.1) is 0 Å². The number of carboxylic acids is 1. The predicted octanol–water partition coefficient (Wildman–Crippen LogP) is 5.89. The number of hydrogen-bond acceptors (Lipinski definition) is 4. The van der Waals surface area contributed by atoms with Gasteiger partial charge in [0, 0.05) is 6.61 Å². The Bertz CT molecular complexity index is 568. The molecule has 4 unspecified atom stereocenters. The van der Waals surface area contributed by atoms with Crippen molar-refractivity contribution in [3.05, 3.63) is 12.2 Å². The summed E-state index contributed by atoms with van der Waals surface area (Å²) in [7, 11) is 0. The second kappa shape index (κ2) is 12.4. The first kappa shape index (κ1) is 26.3. The number of aliphatic hydroxyl groups is 1. The Balaban J connectivity index is 1.71. The fraction of sp³-hybridized carbons (Fsp3) is 0.885. The molecule has 180 valence electrons. The Morgan fingerprint density at radius 1 is 0.871 bits per heavy atom. The fourth-order valence-electron chi connectivity index (χ4n) is 4.58. The number of aliphatic hydroxyl groups excluding tert-OH is 1. The van der Waals surface area contributed by atoms with E-state index >= 15 is 0 Å². The lowest BCUT2D eigenvalue weighted by atomic mass is 9.86. The molecule has 5 nitrogen and oxygen atoms in total. The maximum atomic E-state index is 11.3. The molecular formula is C26H46O5. The molecule has 4 atom stereocenters. The van der Waals surface area contributed by atoms with Gasteiger partial charge >= 0.3 is 5.97 Å². The van der Waals surface area contributed by atoms with Gasteiger partial charge in [-0.1, -0.05) is 32.4 Å². The molecule has 0 aromatic rings. The summed E-state index contributed by atoms with van der Waals surface area (Å²) in [5.74, 6) is -0.722. The maximum absolute atomic E-state index is 11.3. The van der Waals surface area contributed by atoms with Gasteiger partial charge in [0.25, 0.3) is 0 Å². The Hall–Kier alpha value is -0.910. The van der Waals surface area contributed by atoms with Crippen molar-refractivity contribution in [1.82, 2.24) is 0 Å². The Kier molecular flexibility index (Phi) is 10.5. The fourth-order valence-corrected chi connectivity index (χ4v) is 4.58. The third kappa shape index (κ3) is 9.63. The summed E-state index contributed by atoms with van der Waals surface area (Å²) in [6, 6.07) is 0. The molecule has 5 heteroatoms. The number of ether oxygens (including phenoxy) is 2. The number of hydrogen-bond donors (Lipinski definition) is 2. The van der Waals surface area contributed by atoms with Crippen molar-refractivity contribution in [3.8, 4) is 0 Å². The second-order valence-electron chi connectivity index (χ2n) is 11.1. The zero-order valence-electron chi connectivity index (χ0n) is 20.3. The van der Waals surface area contributed by atoms with Gasteiger partial charge in [-0.05, 0) is 89.9 Å². The van der Waals surface area contributed by atoms with E-state index in [0.29, 0.717) is 12.5 Å². The third-order valence-corrected chi connectivity index (χ3v) is 7.02. The van der Waals surface area contributed by atoms with Crippen molar-refractivity contribution in [2.75, 3.05) is 6.61 Å². The Morgan fingerprint density at radius 3 is 1.81 bits per heavy atom. The second-order valence-corrected chi connectivity index (χ2v) is 11.1. The van der Waals surface area contributed by atoms with Crippen LogP contribution in [0.3, 0.4) is 0 Å². The quantitative estimate of drug-likeness (QED) is 0.372. The predicted molar refractivity (Wildman–Crippen MR) is 124 cm³/mol. The average Bonchev–Trinajstić information content (AvgIpc) is 2.72. The Labute approximate surface area is 189 Å². The summed E-state index contributed by atoms with van der Waals surface area (Å²) in [6.07, 6.45) is 17.8. The van der Waals surface area contributed by atoms with E-state index in [4.69, 9.17) is 9.47 Å². The van der Waals surface area contributed by atoms with E-state index in [2.05, 4.69) is 26.0 Å². The van der Waals surface area contributed by atoms with Crippen LogP contribution in [0.5, 0.6) is 0 Å². The third-order valence-electron chi connectivity index (χ3n) is 7.02.